The Labute approximate surface area is 317 Å². The summed E-state index contributed by atoms with van der Waals surface area (Å²) >= 11 is 0. The van der Waals surface area contributed by atoms with Gasteiger partial charge in [-0.1, -0.05) is 186 Å². The van der Waals surface area contributed by atoms with Crippen LogP contribution in [-0.4, -0.2) is 37.7 Å². The third-order valence-corrected chi connectivity index (χ3v) is 10.7. The first-order valence-electron chi connectivity index (χ1n) is 22.7. The topological polar surface area (TPSA) is 12.5 Å². The van der Waals surface area contributed by atoms with Gasteiger partial charge < -0.3 is 9.64 Å². The van der Waals surface area contributed by atoms with Crippen molar-refractivity contribution in [3.8, 4) is 0 Å². The number of allylic oxidation sites excluding steroid dienone is 6. The average molecular weight is 700 g/mol. The van der Waals surface area contributed by atoms with E-state index in [-0.39, 0.29) is 5.60 Å². The maximum absolute atomic E-state index is 7.04. The molecule has 0 aliphatic heterocycles. The maximum atomic E-state index is 7.04. The van der Waals surface area contributed by atoms with E-state index in [0.29, 0.717) is 5.92 Å². The van der Waals surface area contributed by atoms with Gasteiger partial charge in [0.25, 0.3) is 0 Å². The minimum absolute atomic E-state index is 0.110. The average Bonchev–Trinajstić information content (AvgIpc) is 3.11. The number of ether oxygens (including phenoxy) is 1. The molecule has 50 heavy (non-hydrogen) atoms. The SMILES string of the molecule is CCCCC/C=C\C/C=C\CCCCCCCCC(CCCC)(CCCCCCCC/C=C\CCCCCCCC)OCC(C)CCN(C)C. The Morgan fingerprint density at radius 1 is 0.460 bits per heavy atom. The van der Waals surface area contributed by atoms with Crippen molar-refractivity contribution in [2.45, 2.75) is 239 Å². The number of hydrogen-bond donors (Lipinski definition) is 0. The second kappa shape index (κ2) is 39.3. The van der Waals surface area contributed by atoms with Gasteiger partial charge in [0.15, 0.2) is 0 Å². The molecule has 296 valence electrons. The smallest absolute Gasteiger partial charge is 0.0682 e. The molecule has 0 heterocycles. The zero-order chi connectivity index (χ0) is 36.6. The minimum atomic E-state index is 0.110. The summed E-state index contributed by atoms with van der Waals surface area (Å²) in [6.45, 7) is 11.4. The predicted octanol–water partition coefficient (Wildman–Crippen LogP) is 16.2. The second-order valence-corrected chi connectivity index (χ2v) is 16.3. The van der Waals surface area contributed by atoms with Crippen LogP contribution in [0.15, 0.2) is 36.5 Å². The molecule has 0 rings (SSSR count). The monoisotopic (exact) mass is 700 g/mol. The van der Waals surface area contributed by atoms with Gasteiger partial charge >= 0.3 is 0 Å². The zero-order valence-electron chi connectivity index (χ0n) is 35.4. The van der Waals surface area contributed by atoms with Crippen LogP contribution < -0.4 is 0 Å². The van der Waals surface area contributed by atoms with Gasteiger partial charge in [0, 0.05) is 6.61 Å². The van der Waals surface area contributed by atoms with Crippen LogP contribution in [0.5, 0.6) is 0 Å². The first-order valence-corrected chi connectivity index (χ1v) is 22.7. The van der Waals surface area contributed by atoms with Crippen LogP contribution in [-0.2, 0) is 4.74 Å². The lowest BCUT2D eigenvalue weighted by molar-refractivity contribution is -0.0806. The van der Waals surface area contributed by atoms with Gasteiger partial charge in [-0.25, -0.2) is 0 Å². The van der Waals surface area contributed by atoms with Gasteiger partial charge in [-0.3, -0.25) is 0 Å². The predicted molar refractivity (Wildman–Crippen MR) is 229 cm³/mol. The number of hydrogen-bond acceptors (Lipinski definition) is 2. The first-order chi connectivity index (χ1) is 24.5. The zero-order valence-corrected chi connectivity index (χ0v) is 35.4. The summed E-state index contributed by atoms with van der Waals surface area (Å²) in [5.74, 6) is 0.633. The highest BCUT2D eigenvalue weighted by Gasteiger charge is 2.30. The van der Waals surface area contributed by atoms with E-state index in [1.54, 1.807) is 0 Å². The van der Waals surface area contributed by atoms with E-state index in [2.05, 4.69) is 83.1 Å². The number of rotatable bonds is 40. The van der Waals surface area contributed by atoms with E-state index >= 15 is 0 Å². The van der Waals surface area contributed by atoms with Crippen LogP contribution in [0.2, 0.25) is 0 Å². The van der Waals surface area contributed by atoms with Gasteiger partial charge in [0.2, 0.25) is 0 Å². The fraction of sp³-hybridized carbons (Fsp3) is 0.875. The fourth-order valence-electron chi connectivity index (χ4n) is 7.10. The molecule has 0 aromatic carbocycles. The summed E-state index contributed by atoms with van der Waals surface area (Å²) in [6, 6.07) is 0. The van der Waals surface area contributed by atoms with Crippen molar-refractivity contribution in [2.75, 3.05) is 27.2 Å². The van der Waals surface area contributed by atoms with E-state index < -0.39 is 0 Å². The standard InChI is InChI=1S/C48H93NO/c1-7-10-13-15-17-19-21-23-25-27-29-31-33-35-37-39-43-48(42-12-9-3,50-46-47(4)41-45-49(5)6)44-40-38-36-34-32-30-28-26-24-22-20-18-16-14-11-8-2/h17,19,23-26,47H,7-16,18,20-22,27-46H2,1-6H3/b19-17-,25-23-,26-24-. The highest BCUT2D eigenvalue weighted by atomic mass is 16.5. The van der Waals surface area contributed by atoms with Crippen molar-refractivity contribution < 1.29 is 4.74 Å². The van der Waals surface area contributed by atoms with Crippen LogP contribution in [0, 0.1) is 5.92 Å². The summed E-state index contributed by atoms with van der Waals surface area (Å²) in [6.07, 6.45) is 57.2. The summed E-state index contributed by atoms with van der Waals surface area (Å²) in [4.78, 5) is 2.32. The van der Waals surface area contributed by atoms with E-state index in [9.17, 15) is 0 Å². The maximum Gasteiger partial charge on any atom is 0.0682 e. The lowest BCUT2D eigenvalue weighted by atomic mass is 9.84. The Bertz CT molecular complexity index is 738. The third-order valence-electron chi connectivity index (χ3n) is 10.7. The van der Waals surface area contributed by atoms with E-state index in [4.69, 9.17) is 4.74 Å². The number of nitrogens with zero attached hydrogens (tertiary/aromatic N) is 1. The second-order valence-electron chi connectivity index (χ2n) is 16.3. The van der Waals surface area contributed by atoms with Crippen LogP contribution in [0.4, 0.5) is 0 Å². The highest BCUT2D eigenvalue weighted by molar-refractivity contribution is 4.92. The molecule has 2 nitrogen and oxygen atoms in total. The Morgan fingerprint density at radius 2 is 0.820 bits per heavy atom. The quantitative estimate of drug-likeness (QED) is 0.0466. The van der Waals surface area contributed by atoms with E-state index in [1.165, 1.54) is 199 Å². The van der Waals surface area contributed by atoms with Gasteiger partial charge in [-0.05, 0) is 110 Å². The van der Waals surface area contributed by atoms with Crippen LogP contribution in [0.1, 0.15) is 233 Å². The Kier molecular flexibility index (Phi) is 38.7. The first kappa shape index (κ1) is 49.1. The molecule has 0 spiro atoms. The molecule has 2 heteroatoms. The summed E-state index contributed by atoms with van der Waals surface area (Å²) in [7, 11) is 4.39. The van der Waals surface area contributed by atoms with E-state index in [0.717, 1.165) is 19.6 Å². The third kappa shape index (κ3) is 35.5. The van der Waals surface area contributed by atoms with Crippen LogP contribution in [0.25, 0.3) is 0 Å². The minimum Gasteiger partial charge on any atom is -0.375 e. The molecule has 0 saturated carbocycles. The van der Waals surface area contributed by atoms with Gasteiger partial charge in [0.05, 0.1) is 5.60 Å². The Balaban J connectivity index is 4.47. The van der Waals surface area contributed by atoms with Crippen molar-refractivity contribution in [2.24, 2.45) is 5.92 Å². The summed E-state index contributed by atoms with van der Waals surface area (Å²) in [5.41, 5.74) is 0.110. The highest BCUT2D eigenvalue weighted by Crippen LogP contribution is 2.33. The molecule has 2 atom stereocenters. The molecular weight excluding hydrogens is 607 g/mol. The molecule has 0 N–H and O–H groups in total. The Hall–Kier alpha value is -0.860. The van der Waals surface area contributed by atoms with Crippen molar-refractivity contribution in [1.82, 2.24) is 4.90 Å². The van der Waals surface area contributed by atoms with Gasteiger partial charge in [0.1, 0.15) is 0 Å². The molecule has 2 unspecified atom stereocenters. The molecule has 0 radical (unpaired) electrons. The van der Waals surface area contributed by atoms with Crippen molar-refractivity contribution >= 4 is 0 Å². The summed E-state index contributed by atoms with van der Waals surface area (Å²) < 4.78 is 7.04. The van der Waals surface area contributed by atoms with Crippen molar-refractivity contribution in [3.63, 3.8) is 0 Å². The largest absolute Gasteiger partial charge is 0.375 e. The van der Waals surface area contributed by atoms with Gasteiger partial charge in [-0.2, -0.15) is 0 Å². The molecule has 0 aromatic heterocycles. The molecule has 0 bridgehead atoms. The van der Waals surface area contributed by atoms with Crippen molar-refractivity contribution in [3.05, 3.63) is 36.5 Å². The molecule has 0 saturated heterocycles. The van der Waals surface area contributed by atoms with Crippen molar-refractivity contribution in [1.29, 1.82) is 0 Å². The lowest BCUT2D eigenvalue weighted by Gasteiger charge is -2.36. The molecule has 0 fully saturated rings. The molecule has 0 aliphatic rings. The van der Waals surface area contributed by atoms with E-state index in [1.807, 2.05) is 0 Å². The molecular formula is C48H93NO. The van der Waals surface area contributed by atoms with Crippen LogP contribution >= 0.6 is 0 Å². The Morgan fingerprint density at radius 3 is 1.28 bits per heavy atom. The normalized spacial score (nSPS) is 14.2. The lowest BCUT2D eigenvalue weighted by Crippen LogP contribution is -2.35. The number of unbranched alkanes of at least 4 members (excludes halogenated alkanes) is 22. The molecule has 0 aromatic rings. The summed E-state index contributed by atoms with van der Waals surface area (Å²) in [5, 5.41) is 0. The fourth-order valence-corrected chi connectivity index (χ4v) is 7.10. The van der Waals surface area contributed by atoms with Gasteiger partial charge in [-0.15, -0.1) is 0 Å². The molecule has 0 amide bonds. The van der Waals surface area contributed by atoms with Crippen LogP contribution in [0.3, 0.4) is 0 Å². The molecule has 0 aliphatic carbocycles.